The van der Waals surface area contributed by atoms with Crippen molar-refractivity contribution in [3.05, 3.63) is 83.9 Å². The van der Waals surface area contributed by atoms with Gasteiger partial charge >= 0.3 is 0 Å². The molecule has 0 spiro atoms. The van der Waals surface area contributed by atoms with E-state index in [0.29, 0.717) is 33.5 Å². The molecule has 4 aromatic rings. The summed E-state index contributed by atoms with van der Waals surface area (Å²) in [5.41, 5.74) is 7.09. The first kappa shape index (κ1) is 18.2. The lowest BCUT2D eigenvalue weighted by Gasteiger charge is -2.08. The molecule has 4 rings (SSSR count). The molecule has 2 amide bonds. The number of nitrogens with zero attached hydrogens (tertiary/aromatic N) is 1. The number of benzene rings is 3. The first-order valence-electron chi connectivity index (χ1n) is 8.85. The standard InChI is InChI=1S/C22H17N3O4/c1-28-17-10-7-15(8-11-17)21(26)23-24-22(27)16-9-12-19-18(13-16)20(29-25-19)14-5-3-2-4-6-14/h2-13H,1H3,(H,23,26)(H,24,27). The maximum Gasteiger partial charge on any atom is 0.269 e. The van der Waals surface area contributed by atoms with Gasteiger partial charge < -0.3 is 9.26 Å². The number of nitrogens with one attached hydrogen (secondary N) is 2. The molecule has 1 heterocycles. The summed E-state index contributed by atoms with van der Waals surface area (Å²) in [6, 6.07) is 21.1. The van der Waals surface area contributed by atoms with Crippen molar-refractivity contribution in [1.29, 1.82) is 0 Å². The number of carbonyl (C=O) groups is 2. The Labute approximate surface area is 166 Å². The molecule has 3 aromatic carbocycles. The second-order valence-corrected chi connectivity index (χ2v) is 6.25. The fraction of sp³-hybridized carbons (Fsp3) is 0.0455. The Hall–Kier alpha value is -4.13. The number of hydrazine groups is 1. The molecular formula is C22H17N3O4. The molecule has 0 atom stereocenters. The molecule has 0 saturated carbocycles. The molecule has 0 fully saturated rings. The van der Waals surface area contributed by atoms with Gasteiger partial charge in [-0.2, -0.15) is 0 Å². The smallest absolute Gasteiger partial charge is 0.269 e. The SMILES string of the molecule is COc1ccc(C(=O)NNC(=O)c2ccc3noc(-c4ccccc4)c3c2)cc1. The Morgan fingerprint density at radius 2 is 1.52 bits per heavy atom. The lowest BCUT2D eigenvalue weighted by Crippen LogP contribution is -2.41. The van der Waals surface area contributed by atoms with Crippen LogP contribution in [0.1, 0.15) is 20.7 Å². The van der Waals surface area contributed by atoms with Crippen LogP contribution in [0.4, 0.5) is 0 Å². The second kappa shape index (κ2) is 7.85. The van der Waals surface area contributed by atoms with Crippen LogP contribution < -0.4 is 15.6 Å². The van der Waals surface area contributed by atoms with Crippen LogP contribution in [0.25, 0.3) is 22.2 Å². The van der Waals surface area contributed by atoms with Gasteiger partial charge in [0.1, 0.15) is 11.3 Å². The minimum atomic E-state index is -0.450. The first-order chi connectivity index (χ1) is 14.2. The van der Waals surface area contributed by atoms with Crippen molar-refractivity contribution in [2.45, 2.75) is 0 Å². The van der Waals surface area contributed by atoms with E-state index in [2.05, 4.69) is 16.0 Å². The van der Waals surface area contributed by atoms with E-state index in [4.69, 9.17) is 9.26 Å². The van der Waals surface area contributed by atoms with Gasteiger partial charge in [0.25, 0.3) is 11.8 Å². The van der Waals surface area contributed by atoms with Gasteiger partial charge in [-0.25, -0.2) is 0 Å². The summed E-state index contributed by atoms with van der Waals surface area (Å²) in [4.78, 5) is 24.7. The van der Waals surface area contributed by atoms with E-state index in [1.54, 1.807) is 49.6 Å². The van der Waals surface area contributed by atoms with Crippen molar-refractivity contribution in [1.82, 2.24) is 16.0 Å². The number of rotatable bonds is 4. The van der Waals surface area contributed by atoms with Gasteiger partial charge in [0.05, 0.1) is 12.5 Å². The van der Waals surface area contributed by atoms with Crippen molar-refractivity contribution in [2.75, 3.05) is 7.11 Å². The predicted octanol–water partition coefficient (Wildman–Crippen LogP) is 3.58. The van der Waals surface area contributed by atoms with E-state index < -0.39 is 11.8 Å². The van der Waals surface area contributed by atoms with Gasteiger partial charge in [-0.3, -0.25) is 20.4 Å². The van der Waals surface area contributed by atoms with Gasteiger partial charge in [0.2, 0.25) is 0 Å². The summed E-state index contributed by atoms with van der Waals surface area (Å²) >= 11 is 0. The van der Waals surface area contributed by atoms with Crippen molar-refractivity contribution in [3.8, 4) is 17.1 Å². The highest BCUT2D eigenvalue weighted by Gasteiger charge is 2.15. The molecule has 0 aliphatic heterocycles. The third-order valence-electron chi connectivity index (χ3n) is 4.42. The van der Waals surface area contributed by atoms with Crippen molar-refractivity contribution in [2.24, 2.45) is 0 Å². The van der Waals surface area contributed by atoms with Crippen LogP contribution in [0.2, 0.25) is 0 Å². The Balaban J connectivity index is 1.50. The third-order valence-corrected chi connectivity index (χ3v) is 4.42. The highest BCUT2D eigenvalue weighted by Crippen LogP contribution is 2.29. The number of hydrogen-bond donors (Lipinski definition) is 2. The summed E-state index contributed by atoms with van der Waals surface area (Å²) in [5.74, 6) is 0.338. The minimum absolute atomic E-state index is 0.368. The monoisotopic (exact) mass is 387 g/mol. The average Bonchev–Trinajstić information content (AvgIpc) is 3.21. The molecule has 0 bridgehead atoms. The van der Waals surface area contributed by atoms with Gasteiger partial charge in [-0.1, -0.05) is 35.5 Å². The molecule has 29 heavy (non-hydrogen) atoms. The summed E-state index contributed by atoms with van der Waals surface area (Å²) in [6.07, 6.45) is 0. The van der Waals surface area contributed by atoms with Crippen LogP contribution >= 0.6 is 0 Å². The normalized spacial score (nSPS) is 10.5. The number of fused-ring (bicyclic) bond motifs is 1. The third kappa shape index (κ3) is 3.79. The quantitative estimate of drug-likeness (QED) is 0.522. The Kier molecular flexibility index (Phi) is 4.94. The zero-order valence-electron chi connectivity index (χ0n) is 15.5. The fourth-order valence-corrected chi connectivity index (χ4v) is 2.88. The lowest BCUT2D eigenvalue weighted by atomic mass is 10.1. The lowest BCUT2D eigenvalue weighted by molar-refractivity contribution is 0.0846. The van der Waals surface area contributed by atoms with Crippen LogP contribution in [-0.4, -0.2) is 24.1 Å². The molecule has 0 saturated heterocycles. The molecule has 7 nitrogen and oxygen atoms in total. The molecule has 1 aromatic heterocycles. The first-order valence-corrected chi connectivity index (χ1v) is 8.85. The van der Waals surface area contributed by atoms with Crippen molar-refractivity contribution in [3.63, 3.8) is 0 Å². The number of ether oxygens (including phenoxy) is 1. The van der Waals surface area contributed by atoms with E-state index in [-0.39, 0.29) is 0 Å². The predicted molar refractivity (Wildman–Crippen MR) is 107 cm³/mol. The van der Waals surface area contributed by atoms with E-state index in [9.17, 15) is 9.59 Å². The molecule has 144 valence electrons. The van der Waals surface area contributed by atoms with E-state index in [1.807, 2.05) is 30.3 Å². The average molecular weight is 387 g/mol. The molecule has 0 aliphatic carbocycles. The summed E-state index contributed by atoms with van der Waals surface area (Å²) < 4.78 is 10.5. The van der Waals surface area contributed by atoms with E-state index >= 15 is 0 Å². The Morgan fingerprint density at radius 1 is 0.862 bits per heavy atom. The Morgan fingerprint density at radius 3 is 2.21 bits per heavy atom. The van der Waals surface area contributed by atoms with Gasteiger partial charge in [-0.05, 0) is 42.5 Å². The summed E-state index contributed by atoms with van der Waals surface area (Å²) in [6.45, 7) is 0. The fourth-order valence-electron chi connectivity index (χ4n) is 2.88. The van der Waals surface area contributed by atoms with E-state index in [1.165, 1.54) is 0 Å². The van der Waals surface area contributed by atoms with Gasteiger partial charge in [0.15, 0.2) is 5.76 Å². The zero-order chi connectivity index (χ0) is 20.2. The Bertz CT molecular complexity index is 1170. The highest BCUT2D eigenvalue weighted by atomic mass is 16.5. The van der Waals surface area contributed by atoms with Crippen LogP contribution in [0.15, 0.2) is 77.3 Å². The van der Waals surface area contributed by atoms with Gasteiger partial charge in [0, 0.05) is 16.7 Å². The molecule has 7 heteroatoms. The maximum absolute atomic E-state index is 12.5. The number of aromatic nitrogens is 1. The molecule has 0 radical (unpaired) electrons. The largest absolute Gasteiger partial charge is 0.497 e. The van der Waals surface area contributed by atoms with E-state index in [0.717, 1.165) is 5.56 Å². The van der Waals surface area contributed by atoms with Crippen molar-refractivity contribution < 1.29 is 18.8 Å². The molecule has 0 unspecified atom stereocenters. The van der Waals surface area contributed by atoms with Crippen LogP contribution in [0.5, 0.6) is 5.75 Å². The second-order valence-electron chi connectivity index (χ2n) is 6.25. The van der Waals surface area contributed by atoms with Gasteiger partial charge in [-0.15, -0.1) is 0 Å². The number of carbonyl (C=O) groups excluding carboxylic acids is 2. The van der Waals surface area contributed by atoms with Crippen LogP contribution in [-0.2, 0) is 0 Å². The highest BCUT2D eigenvalue weighted by molar-refractivity contribution is 6.02. The number of hydrogen-bond acceptors (Lipinski definition) is 5. The summed E-state index contributed by atoms with van der Waals surface area (Å²) in [5, 5.41) is 4.75. The van der Waals surface area contributed by atoms with Crippen LogP contribution in [0, 0.1) is 0 Å². The number of methoxy groups -OCH3 is 1. The molecule has 2 N–H and O–H groups in total. The molecular weight excluding hydrogens is 370 g/mol. The molecule has 0 aliphatic rings. The van der Waals surface area contributed by atoms with Crippen molar-refractivity contribution >= 4 is 22.7 Å². The number of amides is 2. The maximum atomic E-state index is 12.5. The minimum Gasteiger partial charge on any atom is -0.497 e. The summed E-state index contributed by atoms with van der Waals surface area (Å²) in [7, 11) is 1.55. The zero-order valence-corrected chi connectivity index (χ0v) is 15.5. The topological polar surface area (TPSA) is 93.5 Å². The van der Waals surface area contributed by atoms with Crippen LogP contribution in [0.3, 0.4) is 0 Å².